The Balaban J connectivity index is 1.69. The first-order valence-electron chi connectivity index (χ1n) is 11.7. The van der Waals surface area contributed by atoms with E-state index in [1.165, 1.54) is 64.2 Å². The molecule has 1 amide bonds. The molecule has 0 unspecified atom stereocenters. The Kier molecular flexibility index (Phi) is 11.8. The fourth-order valence-corrected chi connectivity index (χ4v) is 5.46. The van der Waals surface area contributed by atoms with E-state index in [-0.39, 0.29) is 11.8 Å². The fourth-order valence-electron chi connectivity index (χ4n) is 4.31. The van der Waals surface area contributed by atoms with Crippen LogP contribution in [0.1, 0.15) is 90.4 Å². The molecular formula is C24H37Cl3N2O. The lowest BCUT2D eigenvalue weighted by Crippen LogP contribution is -2.40. The number of alkyl halides is 3. The molecule has 0 aromatic carbocycles. The summed E-state index contributed by atoms with van der Waals surface area (Å²) in [6.07, 6.45) is 17.6. The van der Waals surface area contributed by atoms with Crippen LogP contribution in [0.25, 0.3) is 0 Å². The summed E-state index contributed by atoms with van der Waals surface area (Å²) in [7, 11) is 0. The number of hydrogen-bond acceptors (Lipinski definition) is 2. The van der Waals surface area contributed by atoms with Gasteiger partial charge in [0.05, 0.1) is 0 Å². The summed E-state index contributed by atoms with van der Waals surface area (Å²) in [6, 6.07) is 5.51. The molecule has 1 saturated heterocycles. The summed E-state index contributed by atoms with van der Waals surface area (Å²) in [5.41, 5.74) is 0. The number of pyridine rings is 1. The van der Waals surface area contributed by atoms with Gasteiger partial charge in [-0.25, -0.2) is 4.98 Å². The summed E-state index contributed by atoms with van der Waals surface area (Å²) >= 11 is 19.3. The van der Waals surface area contributed by atoms with Crippen LogP contribution in [0.4, 0.5) is 5.82 Å². The van der Waals surface area contributed by atoms with E-state index in [1.54, 1.807) is 11.1 Å². The maximum Gasteiger partial charge on any atom is 0.249 e. The van der Waals surface area contributed by atoms with Crippen molar-refractivity contribution in [1.82, 2.24) is 4.98 Å². The molecule has 0 bridgehead atoms. The minimum Gasteiger partial charge on any atom is -0.295 e. The Hall–Kier alpha value is -0.510. The van der Waals surface area contributed by atoms with E-state index < -0.39 is 9.71 Å². The number of anilines is 1. The molecule has 0 spiro atoms. The van der Waals surface area contributed by atoms with E-state index in [4.69, 9.17) is 34.8 Å². The third kappa shape index (κ3) is 7.57. The number of carbonyl (C=O) groups is 1. The molecule has 30 heavy (non-hydrogen) atoms. The van der Waals surface area contributed by atoms with Crippen molar-refractivity contribution in [2.75, 3.05) is 11.4 Å². The maximum atomic E-state index is 13.1. The number of amides is 1. The van der Waals surface area contributed by atoms with Crippen molar-refractivity contribution < 1.29 is 4.79 Å². The SMILES string of the molecule is CCCCCCCCCCCCCC[C@@]1(Cl)C(=O)N(c2ccccn2)C[C@@H]1C(Cl)Cl. The molecule has 0 radical (unpaired) electrons. The van der Waals surface area contributed by atoms with Gasteiger partial charge in [-0.1, -0.05) is 90.0 Å². The van der Waals surface area contributed by atoms with Gasteiger partial charge < -0.3 is 0 Å². The zero-order chi connectivity index (χ0) is 21.8. The predicted octanol–water partition coefficient (Wildman–Crippen LogP) is 7.92. The van der Waals surface area contributed by atoms with Crippen molar-refractivity contribution in [2.24, 2.45) is 5.92 Å². The lowest BCUT2D eigenvalue weighted by molar-refractivity contribution is -0.120. The van der Waals surface area contributed by atoms with Crippen molar-refractivity contribution >= 4 is 46.5 Å². The highest BCUT2D eigenvalue weighted by Crippen LogP contribution is 2.45. The molecule has 0 N–H and O–H groups in total. The molecule has 0 aliphatic carbocycles. The number of halogens is 3. The van der Waals surface area contributed by atoms with Crippen LogP contribution in [0.3, 0.4) is 0 Å². The highest BCUT2D eigenvalue weighted by Gasteiger charge is 2.55. The average Bonchev–Trinajstić information content (AvgIpc) is 3.01. The van der Waals surface area contributed by atoms with Gasteiger partial charge in [-0.3, -0.25) is 9.69 Å². The Morgan fingerprint density at radius 3 is 2.07 bits per heavy atom. The van der Waals surface area contributed by atoms with Crippen LogP contribution in [0.15, 0.2) is 24.4 Å². The number of nitrogens with zero attached hydrogens (tertiary/aromatic N) is 2. The number of unbranched alkanes of at least 4 members (excludes halogenated alkanes) is 11. The minimum absolute atomic E-state index is 0.123. The predicted molar refractivity (Wildman–Crippen MR) is 130 cm³/mol. The van der Waals surface area contributed by atoms with Crippen LogP contribution in [-0.4, -0.2) is 27.1 Å². The van der Waals surface area contributed by atoms with Crippen molar-refractivity contribution in [3.8, 4) is 0 Å². The molecule has 1 aromatic rings. The second-order valence-electron chi connectivity index (χ2n) is 8.55. The molecule has 2 rings (SSSR count). The van der Waals surface area contributed by atoms with Gasteiger partial charge in [-0.05, 0) is 18.6 Å². The van der Waals surface area contributed by atoms with Gasteiger partial charge in [0.25, 0.3) is 0 Å². The Morgan fingerprint density at radius 2 is 1.57 bits per heavy atom. The summed E-state index contributed by atoms with van der Waals surface area (Å²) in [4.78, 5) is 17.3. The number of hydrogen-bond donors (Lipinski definition) is 0. The Morgan fingerprint density at radius 1 is 1.00 bits per heavy atom. The van der Waals surface area contributed by atoms with Crippen molar-refractivity contribution in [3.63, 3.8) is 0 Å². The quantitative estimate of drug-likeness (QED) is 0.191. The van der Waals surface area contributed by atoms with Crippen LogP contribution < -0.4 is 4.90 Å². The van der Waals surface area contributed by atoms with E-state index in [0.717, 1.165) is 12.8 Å². The molecule has 2 heterocycles. The second kappa shape index (κ2) is 13.8. The van der Waals surface area contributed by atoms with Crippen LogP contribution in [0.2, 0.25) is 0 Å². The van der Waals surface area contributed by atoms with Crippen LogP contribution in [0.5, 0.6) is 0 Å². The average molecular weight is 476 g/mol. The highest BCUT2D eigenvalue weighted by molar-refractivity contribution is 6.47. The molecule has 0 saturated carbocycles. The largest absolute Gasteiger partial charge is 0.295 e. The van der Waals surface area contributed by atoms with Gasteiger partial charge in [0.2, 0.25) is 5.91 Å². The number of rotatable bonds is 15. The van der Waals surface area contributed by atoms with Gasteiger partial charge in [0.1, 0.15) is 15.5 Å². The summed E-state index contributed by atoms with van der Waals surface area (Å²) in [6.45, 7) is 2.67. The van der Waals surface area contributed by atoms with Gasteiger partial charge in [0.15, 0.2) is 0 Å². The number of carbonyl (C=O) groups excluding carboxylic acids is 1. The summed E-state index contributed by atoms with van der Waals surface area (Å²) < 4.78 is 0. The second-order valence-corrected chi connectivity index (χ2v) is 10.4. The smallest absolute Gasteiger partial charge is 0.249 e. The van der Waals surface area contributed by atoms with Crippen molar-refractivity contribution in [1.29, 1.82) is 0 Å². The molecule has 1 aromatic heterocycles. The van der Waals surface area contributed by atoms with Gasteiger partial charge in [0, 0.05) is 18.7 Å². The van der Waals surface area contributed by atoms with E-state index in [9.17, 15) is 4.79 Å². The molecule has 1 aliphatic rings. The molecule has 1 fully saturated rings. The maximum absolute atomic E-state index is 13.1. The molecule has 3 nitrogen and oxygen atoms in total. The molecule has 2 atom stereocenters. The van der Waals surface area contributed by atoms with Crippen LogP contribution in [0, 0.1) is 5.92 Å². The van der Waals surface area contributed by atoms with E-state index >= 15 is 0 Å². The summed E-state index contributed by atoms with van der Waals surface area (Å²) in [5, 5.41) is 0. The van der Waals surface area contributed by atoms with Gasteiger partial charge in [-0.2, -0.15) is 0 Å². The molecule has 170 valence electrons. The lowest BCUT2D eigenvalue weighted by Gasteiger charge is -2.26. The monoisotopic (exact) mass is 474 g/mol. The number of aromatic nitrogens is 1. The lowest BCUT2D eigenvalue weighted by atomic mass is 9.90. The highest BCUT2D eigenvalue weighted by atomic mass is 35.5. The topological polar surface area (TPSA) is 33.2 Å². The van der Waals surface area contributed by atoms with E-state index in [2.05, 4.69) is 11.9 Å². The third-order valence-electron chi connectivity index (χ3n) is 6.19. The Bertz CT molecular complexity index is 614. The molecular weight excluding hydrogens is 439 g/mol. The first-order chi connectivity index (χ1) is 14.5. The van der Waals surface area contributed by atoms with Crippen LogP contribution >= 0.6 is 34.8 Å². The van der Waals surface area contributed by atoms with Crippen LogP contribution in [-0.2, 0) is 4.79 Å². The third-order valence-corrected chi connectivity index (χ3v) is 7.43. The zero-order valence-electron chi connectivity index (χ0n) is 18.3. The normalized spacial score (nSPS) is 21.7. The Labute approximate surface area is 197 Å². The van der Waals surface area contributed by atoms with Gasteiger partial charge in [-0.15, -0.1) is 34.8 Å². The van der Waals surface area contributed by atoms with E-state index in [1.807, 2.05) is 18.2 Å². The first kappa shape index (κ1) is 25.7. The first-order valence-corrected chi connectivity index (χ1v) is 13.0. The summed E-state index contributed by atoms with van der Waals surface area (Å²) in [5.74, 6) is 0.186. The van der Waals surface area contributed by atoms with Crippen molar-refractivity contribution in [2.45, 2.75) is 100 Å². The molecule has 1 aliphatic heterocycles. The zero-order valence-corrected chi connectivity index (χ0v) is 20.6. The molecule has 6 heteroatoms. The fraction of sp³-hybridized carbons (Fsp3) is 0.750. The standard InChI is InChI=1S/C24H37Cl3N2O/c1-2-3-4-5-6-7-8-9-10-11-12-14-17-24(27)20(22(25)26)19-29(23(24)30)21-16-13-15-18-28-21/h13,15-16,18,20,22H,2-12,14,17,19H2,1H3/t20-,24+/m1/s1. The van der Waals surface area contributed by atoms with Crippen molar-refractivity contribution in [3.05, 3.63) is 24.4 Å². The van der Waals surface area contributed by atoms with E-state index in [0.29, 0.717) is 18.8 Å². The minimum atomic E-state index is -1.04. The van der Waals surface area contributed by atoms with Gasteiger partial charge >= 0.3 is 0 Å².